The van der Waals surface area contributed by atoms with Crippen LogP contribution in [0.3, 0.4) is 0 Å². The predicted molar refractivity (Wildman–Crippen MR) is 118 cm³/mol. The van der Waals surface area contributed by atoms with Crippen molar-refractivity contribution in [3.8, 4) is 11.5 Å². The predicted octanol–water partition coefficient (Wildman–Crippen LogP) is 3.64. The molecule has 3 aromatic rings. The van der Waals surface area contributed by atoms with Crippen LogP contribution in [0.2, 0.25) is 0 Å². The Morgan fingerprint density at radius 1 is 1.03 bits per heavy atom. The van der Waals surface area contributed by atoms with Crippen molar-refractivity contribution in [3.05, 3.63) is 74.2 Å². The molecule has 0 amide bonds. The summed E-state index contributed by atoms with van der Waals surface area (Å²) in [5.41, 5.74) is 1.10. The van der Waals surface area contributed by atoms with Crippen LogP contribution in [0.15, 0.2) is 58.4 Å². The van der Waals surface area contributed by atoms with Crippen LogP contribution < -0.4 is 14.3 Å². The molecule has 0 bridgehead atoms. The van der Waals surface area contributed by atoms with E-state index in [0.29, 0.717) is 32.5 Å². The first-order valence-electron chi connectivity index (χ1n) is 9.38. The molecule has 0 spiro atoms. The quantitative estimate of drug-likeness (QED) is 0.544. The summed E-state index contributed by atoms with van der Waals surface area (Å²) in [4.78, 5) is 41.0. The number of hydrogen-bond acceptors (Lipinski definition) is 7. The second-order valence-electron chi connectivity index (χ2n) is 6.93. The lowest BCUT2D eigenvalue weighted by Crippen LogP contribution is -2.39. The van der Waals surface area contributed by atoms with Crippen molar-refractivity contribution in [3.63, 3.8) is 0 Å². The summed E-state index contributed by atoms with van der Waals surface area (Å²) in [5.74, 6) is -1.97. The zero-order chi connectivity index (χ0) is 22.1. The number of carbonyl (C=O) groups excluding carboxylic acids is 1. The van der Waals surface area contributed by atoms with Gasteiger partial charge in [0, 0.05) is 16.4 Å². The molecule has 0 fully saturated rings. The maximum absolute atomic E-state index is 13.6. The number of carboxylic acids is 1. The summed E-state index contributed by atoms with van der Waals surface area (Å²) in [5, 5.41) is 9.40. The third-order valence-corrected chi connectivity index (χ3v) is 7.63. The first-order valence-corrected chi connectivity index (χ1v) is 11.1. The summed E-state index contributed by atoms with van der Waals surface area (Å²) in [6.45, 7) is 0. The van der Waals surface area contributed by atoms with Crippen molar-refractivity contribution >= 4 is 34.9 Å². The van der Waals surface area contributed by atoms with E-state index in [1.807, 2.05) is 0 Å². The Hall–Kier alpha value is -3.04. The van der Waals surface area contributed by atoms with Gasteiger partial charge in [-0.15, -0.1) is 0 Å². The largest absolute Gasteiger partial charge is 0.493 e. The lowest BCUT2D eigenvalue weighted by Gasteiger charge is -2.34. The molecular formula is C22H19NO6S2. The minimum Gasteiger partial charge on any atom is -0.493 e. The van der Waals surface area contributed by atoms with Crippen LogP contribution >= 0.6 is 23.1 Å². The molecule has 2 N–H and O–H groups in total. The molecule has 4 rings (SSSR count). The molecule has 1 aliphatic heterocycles. The maximum atomic E-state index is 13.6. The van der Waals surface area contributed by atoms with Gasteiger partial charge in [-0.1, -0.05) is 59.5 Å². The Balaban J connectivity index is 1.93. The molecule has 3 atom stereocenters. The number of aliphatic carboxylic acids is 1. The van der Waals surface area contributed by atoms with E-state index in [9.17, 15) is 19.5 Å². The van der Waals surface area contributed by atoms with Crippen molar-refractivity contribution in [1.29, 1.82) is 0 Å². The Morgan fingerprint density at radius 3 is 2.39 bits per heavy atom. The first kappa shape index (κ1) is 21.2. The van der Waals surface area contributed by atoms with Crippen molar-refractivity contribution in [1.82, 2.24) is 4.98 Å². The van der Waals surface area contributed by atoms with Gasteiger partial charge in [0.25, 0.3) is 0 Å². The van der Waals surface area contributed by atoms with Gasteiger partial charge in [-0.25, -0.2) is 0 Å². The number of benzene rings is 2. The highest BCUT2D eigenvalue weighted by Crippen LogP contribution is 2.51. The number of aromatic amines is 1. The number of H-pyrrole nitrogens is 1. The molecule has 1 aliphatic rings. The van der Waals surface area contributed by atoms with Gasteiger partial charge in [0.05, 0.1) is 25.2 Å². The van der Waals surface area contributed by atoms with Crippen LogP contribution in [0.4, 0.5) is 0 Å². The standard InChI is InChI=1S/C22H19NO6S2/c1-28-13-9-8-12(10-14(13)29-2)15-16(17(24)11-6-4-3-5-7-11)19(21(25)26)30-20-18(15)31-22(27)23-20/h3-10,15-16,19H,1-2H3,(H,23,27)(H,25,26)/t15-,16-,19+/m0/s1. The summed E-state index contributed by atoms with van der Waals surface area (Å²) < 4.78 is 10.7. The number of nitrogens with one attached hydrogen (secondary N) is 1. The summed E-state index contributed by atoms with van der Waals surface area (Å²) >= 11 is 2.01. The molecular weight excluding hydrogens is 438 g/mol. The highest BCUT2D eigenvalue weighted by Gasteiger charge is 2.47. The number of fused-ring (bicyclic) bond motifs is 1. The normalized spacial score (nSPS) is 20.0. The second kappa shape index (κ2) is 8.60. The van der Waals surface area contributed by atoms with Gasteiger partial charge in [-0.3, -0.25) is 14.4 Å². The number of ether oxygens (including phenoxy) is 2. The van der Waals surface area contributed by atoms with E-state index in [0.717, 1.165) is 23.1 Å². The Morgan fingerprint density at radius 2 is 1.74 bits per heavy atom. The number of aromatic nitrogens is 1. The van der Waals surface area contributed by atoms with Crippen molar-refractivity contribution in [2.45, 2.75) is 16.2 Å². The number of hydrogen-bond donors (Lipinski definition) is 2. The SMILES string of the molecule is COc1ccc([C@@H]2c3sc(=O)[nH]c3S[C@@H](C(=O)O)[C@@H]2C(=O)c2ccccc2)cc1OC. The van der Waals surface area contributed by atoms with E-state index in [2.05, 4.69) is 4.98 Å². The van der Waals surface area contributed by atoms with Crippen molar-refractivity contribution in [2.24, 2.45) is 5.92 Å². The van der Waals surface area contributed by atoms with Crippen LogP contribution in [0, 0.1) is 5.92 Å². The molecule has 31 heavy (non-hydrogen) atoms. The molecule has 0 unspecified atom stereocenters. The highest BCUT2D eigenvalue weighted by atomic mass is 32.2. The highest BCUT2D eigenvalue weighted by molar-refractivity contribution is 8.00. The van der Waals surface area contributed by atoms with E-state index in [4.69, 9.17) is 9.47 Å². The minimum atomic E-state index is -1.11. The Bertz CT molecular complexity index is 1190. The lowest BCUT2D eigenvalue weighted by atomic mass is 9.78. The van der Waals surface area contributed by atoms with Crippen LogP contribution in [0.5, 0.6) is 11.5 Å². The molecule has 9 heteroatoms. The zero-order valence-electron chi connectivity index (χ0n) is 16.7. The number of Topliss-reactive ketones (excluding diaryl/α,β-unsaturated/α-hetero) is 1. The average molecular weight is 458 g/mol. The maximum Gasteiger partial charge on any atom is 0.317 e. The van der Waals surface area contributed by atoms with Crippen LogP contribution in [-0.2, 0) is 4.79 Å². The van der Waals surface area contributed by atoms with Gasteiger partial charge in [-0.2, -0.15) is 0 Å². The van der Waals surface area contributed by atoms with Gasteiger partial charge in [-0.05, 0) is 17.7 Å². The molecule has 160 valence electrons. The van der Waals surface area contributed by atoms with Crippen LogP contribution in [-0.4, -0.2) is 41.3 Å². The number of carbonyl (C=O) groups is 2. The molecule has 1 aromatic heterocycles. The molecule has 2 aromatic carbocycles. The topological polar surface area (TPSA) is 106 Å². The van der Waals surface area contributed by atoms with E-state index in [-0.39, 0.29) is 10.7 Å². The Kier molecular flexibility index (Phi) is 5.88. The van der Waals surface area contributed by atoms with E-state index < -0.39 is 23.1 Å². The number of methoxy groups -OCH3 is 2. The number of rotatable bonds is 6. The molecule has 0 saturated heterocycles. The van der Waals surface area contributed by atoms with Gasteiger partial charge >= 0.3 is 10.8 Å². The summed E-state index contributed by atoms with van der Waals surface area (Å²) in [7, 11) is 3.03. The van der Waals surface area contributed by atoms with E-state index >= 15 is 0 Å². The fraction of sp³-hybridized carbons (Fsp3) is 0.227. The van der Waals surface area contributed by atoms with Gasteiger partial charge in [0.2, 0.25) is 0 Å². The Labute approximate surface area is 186 Å². The fourth-order valence-corrected chi connectivity index (χ4v) is 6.27. The fourth-order valence-electron chi connectivity index (χ4n) is 3.85. The third-order valence-electron chi connectivity index (χ3n) is 5.23. The smallest absolute Gasteiger partial charge is 0.317 e. The van der Waals surface area contributed by atoms with Gasteiger partial charge in [0.1, 0.15) is 5.25 Å². The zero-order valence-corrected chi connectivity index (χ0v) is 18.3. The van der Waals surface area contributed by atoms with E-state index in [1.54, 1.807) is 48.5 Å². The molecule has 0 aliphatic carbocycles. The summed E-state index contributed by atoms with van der Waals surface area (Å²) in [6, 6.07) is 13.8. The molecule has 0 radical (unpaired) electrons. The monoisotopic (exact) mass is 457 g/mol. The van der Waals surface area contributed by atoms with Crippen LogP contribution in [0.25, 0.3) is 0 Å². The molecule has 2 heterocycles. The lowest BCUT2D eigenvalue weighted by molar-refractivity contribution is -0.137. The molecule has 7 nitrogen and oxygen atoms in total. The van der Waals surface area contributed by atoms with E-state index in [1.165, 1.54) is 14.2 Å². The average Bonchev–Trinajstić information content (AvgIpc) is 3.17. The number of ketones is 1. The number of thiazole rings is 1. The number of thioether (sulfide) groups is 1. The van der Waals surface area contributed by atoms with Crippen molar-refractivity contribution in [2.75, 3.05) is 14.2 Å². The van der Waals surface area contributed by atoms with Crippen LogP contribution in [0.1, 0.15) is 26.7 Å². The minimum absolute atomic E-state index is 0.285. The van der Waals surface area contributed by atoms with Gasteiger partial charge in [0.15, 0.2) is 17.3 Å². The first-order chi connectivity index (χ1) is 14.9. The second-order valence-corrected chi connectivity index (χ2v) is 9.10. The third kappa shape index (κ3) is 3.86. The molecule has 0 saturated carbocycles. The number of carboxylic acid groups (broad SMARTS) is 1. The summed E-state index contributed by atoms with van der Waals surface area (Å²) in [6.07, 6.45) is 0. The van der Waals surface area contributed by atoms with Gasteiger partial charge < -0.3 is 19.6 Å². The van der Waals surface area contributed by atoms with Crippen molar-refractivity contribution < 1.29 is 24.2 Å².